The van der Waals surface area contributed by atoms with Crippen LogP contribution in [-0.4, -0.2) is 48.6 Å². The number of fused-ring (bicyclic) bond motifs is 1. The number of H-pyrrole nitrogens is 1. The molecule has 2 aromatic heterocycles. The van der Waals surface area contributed by atoms with Crippen molar-refractivity contribution in [3.8, 4) is 11.4 Å². The molecule has 1 aliphatic carbocycles. The van der Waals surface area contributed by atoms with Crippen LogP contribution in [0.4, 0.5) is 0 Å². The monoisotopic (exact) mass is 472 g/mol. The van der Waals surface area contributed by atoms with Crippen LogP contribution in [0.5, 0.6) is 0 Å². The van der Waals surface area contributed by atoms with Crippen molar-refractivity contribution in [3.63, 3.8) is 0 Å². The van der Waals surface area contributed by atoms with E-state index in [2.05, 4.69) is 46.6 Å². The summed E-state index contributed by atoms with van der Waals surface area (Å²) in [6.45, 7) is 4.07. The number of aryl methyl sites for hydroxylation is 1. The molecule has 2 aromatic carbocycles. The average molecular weight is 473 g/mol. The molecule has 5 rings (SSSR count). The first-order chi connectivity index (χ1) is 16.9. The number of carbonyl (C=O) groups excluding carboxylic acids is 1. The van der Waals surface area contributed by atoms with Gasteiger partial charge in [-0.15, -0.1) is 0 Å². The smallest absolute Gasteiger partial charge is 0.251 e. The molecule has 8 nitrogen and oxygen atoms in total. The maximum absolute atomic E-state index is 12.6. The molecule has 1 aliphatic rings. The summed E-state index contributed by atoms with van der Waals surface area (Å²) < 4.78 is 1.84. The third-order valence-corrected chi connectivity index (χ3v) is 6.66. The van der Waals surface area contributed by atoms with Crippen molar-refractivity contribution in [2.75, 3.05) is 6.61 Å². The molecule has 8 heteroatoms. The van der Waals surface area contributed by atoms with Crippen LogP contribution in [0.1, 0.15) is 66.3 Å². The zero-order valence-electron chi connectivity index (χ0n) is 20.5. The lowest BCUT2D eigenvalue weighted by Gasteiger charge is -2.18. The standard InChI is InChI=1S/C27H32N6O2/c1-16(2)12-21(15-34)29-27(35)19-8-6-18(7-9-19)26-30-24(33(3)32-26)13-20-10-11-23-22(14-28-31-23)25(20)17-4-5-17/h6-11,14,16-17,21,34H,4-5,12-13,15H2,1-3H3,(H,28,31)(H,29,35)/t21-/m0/s1. The Hall–Kier alpha value is -3.52. The van der Waals surface area contributed by atoms with E-state index in [1.807, 2.05) is 30.1 Å². The predicted octanol–water partition coefficient (Wildman–Crippen LogP) is 3.96. The molecule has 0 radical (unpaired) electrons. The van der Waals surface area contributed by atoms with Crippen molar-refractivity contribution in [3.05, 3.63) is 65.1 Å². The average Bonchev–Trinajstić information content (AvgIpc) is 3.45. The number of nitrogens with zero attached hydrogens (tertiary/aromatic N) is 4. The highest BCUT2D eigenvalue weighted by molar-refractivity contribution is 5.94. The van der Waals surface area contributed by atoms with Gasteiger partial charge in [-0.3, -0.25) is 14.6 Å². The van der Waals surface area contributed by atoms with E-state index >= 15 is 0 Å². The van der Waals surface area contributed by atoms with Crippen LogP contribution in [0.15, 0.2) is 42.6 Å². The van der Waals surface area contributed by atoms with Crippen LogP contribution >= 0.6 is 0 Å². The number of nitrogens with one attached hydrogen (secondary N) is 2. The van der Waals surface area contributed by atoms with Crippen LogP contribution in [0.2, 0.25) is 0 Å². The number of benzene rings is 2. The number of hydrogen-bond donors (Lipinski definition) is 3. The molecule has 182 valence electrons. The first kappa shape index (κ1) is 23.2. The highest BCUT2D eigenvalue weighted by Gasteiger charge is 2.29. The highest BCUT2D eigenvalue weighted by Crippen LogP contribution is 2.45. The Morgan fingerprint density at radius 2 is 1.97 bits per heavy atom. The zero-order valence-corrected chi connectivity index (χ0v) is 20.5. The Bertz CT molecular complexity index is 1330. The number of aliphatic hydroxyl groups is 1. The maximum Gasteiger partial charge on any atom is 0.251 e. The summed E-state index contributed by atoms with van der Waals surface area (Å²) in [7, 11) is 1.92. The quantitative estimate of drug-likeness (QED) is 0.342. The van der Waals surface area contributed by atoms with Crippen molar-refractivity contribution in [1.82, 2.24) is 30.3 Å². The van der Waals surface area contributed by atoms with Gasteiger partial charge in [0.2, 0.25) is 0 Å². The number of hydrogen-bond acceptors (Lipinski definition) is 5. The molecule has 4 aromatic rings. The summed E-state index contributed by atoms with van der Waals surface area (Å²) in [4.78, 5) is 17.4. The fourth-order valence-corrected chi connectivity index (χ4v) is 4.74. The topological polar surface area (TPSA) is 109 Å². The molecule has 3 N–H and O–H groups in total. The molecule has 2 heterocycles. The van der Waals surface area contributed by atoms with Crippen molar-refractivity contribution in [2.24, 2.45) is 13.0 Å². The summed E-state index contributed by atoms with van der Waals surface area (Å²) in [5.74, 6) is 2.34. The Morgan fingerprint density at radius 1 is 1.20 bits per heavy atom. The first-order valence-electron chi connectivity index (χ1n) is 12.3. The van der Waals surface area contributed by atoms with E-state index in [0.29, 0.717) is 29.6 Å². The van der Waals surface area contributed by atoms with Gasteiger partial charge in [-0.2, -0.15) is 10.2 Å². The van der Waals surface area contributed by atoms with Crippen LogP contribution < -0.4 is 5.32 Å². The summed E-state index contributed by atoms with van der Waals surface area (Å²) >= 11 is 0. The Morgan fingerprint density at radius 3 is 2.66 bits per heavy atom. The van der Waals surface area contributed by atoms with Gasteiger partial charge in [0.15, 0.2) is 5.82 Å². The van der Waals surface area contributed by atoms with Gasteiger partial charge in [-0.1, -0.05) is 32.0 Å². The summed E-state index contributed by atoms with van der Waals surface area (Å²) in [6.07, 6.45) is 5.81. The van der Waals surface area contributed by atoms with Gasteiger partial charge in [0.05, 0.1) is 24.4 Å². The second-order valence-corrected chi connectivity index (χ2v) is 9.96. The van der Waals surface area contributed by atoms with Crippen molar-refractivity contribution < 1.29 is 9.90 Å². The van der Waals surface area contributed by atoms with Gasteiger partial charge in [0.25, 0.3) is 5.91 Å². The number of aromatic nitrogens is 5. The second kappa shape index (κ2) is 9.62. The van der Waals surface area contributed by atoms with Gasteiger partial charge >= 0.3 is 0 Å². The van der Waals surface area contributed by atoms with Gasteiger partial charge in [0, 0.05) is 30.0 Å². The van der Waals surface area contributed by atoms with Crippen molar-refractivity contribution in [1.29, 1.82) is 0 Å². The number of aliphatic hydroxyl groups excluding tert-OH is 1. The van der Waals surface area contributed by atoms with E-state index in [-0.39, 0.29) is 18.6 Å². The third-order valence-electron chi connectivity index (χ3n) is 6.66. The third kappa shape index (κ3) is 4.98. The minimum atomic E-state index is -0.246. The number of carbonyl (C=O) groups is 1. The fourth-order valence-electron chi connectivity index (χ4n) is 4.74. The maximum atomic E-state index is 12.6. The van der Waals surface area contributed by atoms with E-state index < -0.39 is 0 Å². The van der Waals surface area contributed by atoms with Gasteiger partial charge in [-0.25, -0.2) is 4.98 Å². The Balaban J connectivity index is 1.33. The Kier molecular flexibility index (Phi) is 6.38. The molecule has 1 atom stereocenters. The van der Waals surface area contributed by atoms with Crippen LogP contribution in [0.3, 0.4) is 0 Å². The minimum Gasteiger partial charge on any atom is -0.394 e. The molecule has 1 saturated carbocycles. The highest BCUT2D eigenvalue weighted by atomic mass is 16.3. The fraction of sp³-hybridized carbons (Fsp3) is 0.407. The van der Waals surface area contributed by atoms with Gasteiger partial charge < -0.3 is 10.4 Å². The van der Waals surface area contributed by atoms with E-state index in [1.54, 1.807) is 12.1 Å². The van der Waals surface area contributed by atoms with Crippen molar-refractivity contribution >= 4 is 16.8 Å². The van der Waals surface area contributed by atoms with E-state index in [1.165, 1.54) is 29.4 Å². The summed E-state index contributed by atoms with van der Waals surface area (Å²) in [5, 5.41) is 25.6. The zero-order chi connectivity index (χ0) is 24.5. The first-order valence-corrected chi connectivity index (χ1v) is 12.3. The molecule has 0 unspecified atom stereocenters. The molecule has 1 amide bonds. The predicted molar refractivity (Wildman–Crippen MR) is 135 cm³/mol. The van der Waals surface area contributed by atoms with Crippen LogP contribution in [0.25, 0.3) is 22.3 Å². The molecule has 0 saturated heterocycles. The molecular weight excluding hydrogens is 440 g/mol. The Labute approximate surface area is 204 Å². The largest absolute Gasteiger partial charge is 0.394 e. The molecule has 0 bridgehead atoms. The molecule has 0 aliphatic heterocycles. The summed E-state index contributed by atoms with van der Waals surface area (Å²) in [6, 6.07) is 11.3. The molecule has 35 heavy (non-hydrogen) atoms. The lowest BCUT2D eigenvalue weighted by atomic mass is 9.97. The van der Waals surface area contributed by atoms with Crippen LogP contribution in [0, 0.1) is 5.92 Å². The van der Waals surface area contributed by atoms with E-state index in [9.17, 15) is 9.90 Å². The molecule has 1 fully saturated rings. The number of amides is 1. The van der Waals surface area contributed by atoms with Crippen molar-refractivity contribution in [2.45, 2.75) is 51.5 Å². The minimum absolute atomic E-state index is 0.0708. The lowest BCUT2D eigenvalue weighted by molar-refractivity contribution is 0.0908. The second-order valence-electron chi connectivity index (χ2n) is 9.96. The number of rotatable bonds is 9. The van der Waals surface area contributed by atoms with Crippen LogP contribution in [-0.2, 0) is 13.5 Å². The molecule has 0 spiro atoms. The van der Waals surface area contributed by atoms with Gasteiger partial charge in [-0.05, 0) is 60.4 Å². The lowest BCUT2D eigenvalue weighted by Crippen LogP contribution is -2.38. The SMILES string of the molecule is CC(C)C[C@@H](CO)NC(=O)c1ccc(-c2nc(Cc3ccc4[nH]ncc4c3C3CC3)n(C)n2)cc1. The molecular formula is C27H32N6O2. The summed E-state index contributed by atoms with van der Waals surface area (Å²) in [5.41, 5.74) is 5.14. The van der Waals surface area contributed by atoms with E-state index in [0.717, 1.165) is 23.3 Å². The normalized spacial score (nSPS) is 14.5. The van der Waals surface area contributed by atoms with Gasteiger partial charge in [0.1, 0.15) is 5.82 Å². The number of aromatic amines is 1. The van der Waals surface area contributed by atoms with E-state index in [4.69, 9.17) is 4.98 Å².